The lowest BCUT2D eigenvalue weighted by atomic mass is 10.1. The van der Waals surface area contributed by atoms with Gasteiger partial charge in [-0.15, -0.1) is 0 Å². The third kappa shape index (κ3) is 7.47. The molecular formula is C24H33FN2O4. The van der Waals surface area contributed by atoms with Crippen molar-refractivity contribution in [3.8, 4) is 11.5 Å². The van der Waals surface area contributed by atoms with Crippen molar-refractivity contribution in [1.29, 1.82) is 0 Å². The predicted molar refractivity (Wildman–Crippen MR) is 118 cm³/mol. The van der Waals surface area contributed by atoms with Gasteiger partial charge in [-0.25, -0.2) is 4.39 Å². The number of β-amino-alcohol motifs (C(OH)–C–C–N with tert-alkyl or cyclic N) is 1. The molecule has 0 aliphatic carbocycles. The molecule has 0 aromatic heterocycles. The molecule has 31 heavy (non-hydrogen) atoms. The van der Waals surface area contributed by atoms with E-state index < -0.39 is 6.10 Å². The van der Waals surface area contributed by atoms with Crippen LogP contribution in [0.1, 0.15) is 24.0 Å². The molecule has 2 N–H and O–H groups in total. The SMILES string of the molecule is COc1ccc(OCC(O)CN2CCC(O)CC2)c(CN(C)Cc2ccc(F)cc2)c1. The minimum absolute atomic E-state index is 0.195. The number of hydrogen-bond donors (Lipinski definition) is 2. The fourth-order valence-corrected chi connectivity index (χ4v) is 3.83. The fourth-order valence-electron chi connectivity index (χ4n) is 3.83. The fraction of sp³-hybridized carbons (Fsp3) is 0.500. The van der Waals surface area contributed by atoms with Gasteiger partial charge >= 0.3 is 0 Å². The summed E-state index contributed by atoms with van der Waals surface area (Å²) in [7, 11) is 3.62. The lowest BCUT2D eigenvalue weighted by Crippen LogP contribution is -2.41. The van der Waals surface area contributed by atoms with Crippen molar-refractivity contribution < 1.29 is 24.1 Å². The summed E-state index contributed by atoms with van der Waals surface area (Å²) in [6.07, 6.45) is 0.660. The van der Waals surface area contributed by atoms with E-state index in [-0.39, 0.29) is 18.5 Å². The standard InChI is InChI=1S/C24H33FN2O4/c1-26(14-18-3-5-20(25)6-4-18)15-19-13-23(30-2)7-8-24(19)31-17-22(29)16-27-11-9-21(28)10-12-27/h3-8,13,21-22,28-29H,9-12,14-17H2,1-2H3. The Morgan fingerprint density at radius 1 is 1.13 bits per heavy atom. The zero-order valence-corrected chi connectivity index (χ0v) is 18.3. The minimum atomic E-state index is -0.609. The molecule has 1 unspecified atom stereocenters. The number of benzene rings is 2. The Labute approximate surface area is 183 Å². The van der Waals surface area contributed by atoms with Gasteiger partial charge in [0.25, 0.3) is 0 Å². The number of aliphatic hydroxyl groups excluding tert-OH is 2. The molecule has 0 bridgehead atoms. The highest BCUT2D eigenvalue weighted by atomic mass is 19.1. The zero-order valence-electron chi connectivity index (χ0n) is 18.3. The molecule has 1 aliphatic heterocycles. The van der Waals surface area contributed by atoms with E-state index in [2.05, 4.69) is 9.80 Å². The molecule has 0 amide bonds. The summed E-state index contributed by atoms with van der Waals surface area (Å²) >= 11 is 0. The number of likely N-dealkylation sites (tertiary alicyclic amines) is 1. The lowest BCUT2D eigenvalue weighted by molar-refractivity contribution is 0.0335. The van der Waals surface area contributed by atoms with Crippen LogP contribution in [0.3, 0.4) is 0 Å². The van der Waals surface area contributed by atoms with Crippen LogP contribution < -0.4 is 9.47 Å². The summed E-state index contributed by atoms with van der Waals surface area (Å²) in [6, 6.07) is 12.1. The van der Waals surface area contributed by atoms with Crippen LogP contribution in [-0.4, -0.2) is 72.6 Å². The number of methoxy groups -OCH3 is 1. The number of ether oxygens (including phenoxy) is 2. The molecule has 2 aromatic rings. The van der Waals surface area contributed by atoms with Gasteiger partial charge in [-0.2, -0.15) is 0 Å². The van der Waals surface area contributed by atoms with Crippen LogP contribution >= 0.6 is 0 Å². The van der Waals surface area contributed by atoms with Crippen LogP contribution in [-0.2, 0) is 13.1 Å². The highest BCUT2D eigenvalue weighted by molar-refractivity contribution is 5.40. The molecule has 7 heteroatoms. The Kier molecular flexibility index (Phi) is 8.66. The average Bonchev–Trinajstić information content (AvgIpc) is 2.76. The smallest absolute Gasteiger partial charge is 0.124 e. The Bertz CT molecular complexity index is 810. The minimum Gasteiger partial charge on any atom is -0.497 e. The first-order valence-electron chi connectivity index (χ1n) is 10.7. The third-order valence-corrected chi connectivity index (χ3v) is 5.53. The van der Waals surface area contributed by atoms with E-state index in [4.69, 9.17) is 9.47 Å². The van der Waals surface area contributed by atoms with Crippen molar-refractivity contribution in [3.63, 3.8) is 0 Å². The van der Waals surface area contributed by atoms with Gasteiger partial charge < -0.3 is 24.6 Å². The summed E-state index contributed by atoms with van der Waals surface area (Å²) in [5, 5.41) is 20.0. The topological polar surface area (TPSA) is 65.4 Å². The van der Waals surface area contributed by atoms with E-state index in [1.54, 1.807) is 19.2 Å². The highest BCUT2D eigenvalue weighted by Crippen LogP contribution is 2.26. The van der Waals surface area contributed by atoms with Crippen LogP contribution in [0.4, 0.5) is 4.39 Å². The molecule has 0 radical (unpaired) electrons. The van der Waals surface area contributed by atoms with E-state index in [1.807, 2.05) is 25.2 Å². The molecule has 1 atom stereocenters. The molecule has 1 heterocycles. The zero-order chi connectivity index (χ0) is 22.2. The van der Waals surface area contributed by atoms with Crippen molar-refractivity contribution in [2.24, 2.45) is 0 Å². The molecule has 2 aromatic carbocycles. The average molecular weight is 433 g/mol. The van der Waals surface area contributed by atoms with E-state index >= 15 is 0 Å². The molecule has 6 nitrogen and oxygen atoms in total. The van der Waals surface area contributed by atoms with Gasteiger partial charge in [0.1, 0.15) is 30.0 Å². The Hall–Kier alpha value is -2.19. The first-order chi connectivity index (χ1) is 14.9. The monoisotopic (exact) mass is 432 g/mol. The second-order valence-electron chi connectivity index (χ2n) is 8.27. The van der Waals surface area contributed by atoms with Crippen LogP contribution in [0.15, 0.2) is 42.5 Å². The quantitative estimate of drug-likeness (QED) is 0.602. The van der Waals surface area contributed by atoms with E-state index in [1.165, 1.54) is 12.1 Å². The van der Waals surface area contributed by atoms with E-state index in [0.29, 0.717) is 25.4 Å². The Morgan fingerprint density at radius 3 is 2.52 bits per heavy atom. The van der Waals surface area contributed by atoms with Crippen LogP contribution in [0, 0.1) is 5.82 Å². The number of aliphatic hydroxyl groups is 2. The number of rotatable bonds is 10. The van der Waals surface area contributed by atoms with Crippen molar-refractivity contribution in [2.75, 3.05) is 40.4 Å². The summed E-state index contributed by atoms with van der Waals surface area (Å²) < 4.78 is 24.5. The second-order valence-corrected chi connectivity index (χ2v) is 8.27. The van der Waals surface area contributed by atoms with Gasteiger partial charge in [0.15, 0.2) is 0 Å². The van der Waals surface area contributed by atoms with Gasteiger partial charge in [-0.3, -0.25) is 4.90 Å². The molecule has 1 aliphatic rings. The molecule has 0 spiro atoms. The molecule has 1 fully saturated rings. The number of halogens is 1. The van der Waals surface area contributed by atoms with Crippen molar-refractivity contribution in [1.82, 2.24) is 9.80 Å². The van der Waals surface area contributed by atoms with Crippen LogP contribution in [0.25, 0.3) is 0 Å². The number of hydrogen-bond acceptors (Lipinski definition) is 6. The number of nitrogens with zero attached hydrogens (tertiary/aromatic N) is 2. The van der Waals surface area contributed by atoms with Crippen LogP contribution in [0.2, 0.25) is 0 Å². The Morgan fingerprint density at radius 2 is 1.84 bits per heavy atom. The van der Waals surface area contributed by atoms with Crippen molar-refractivity contribution in [3.05, 3.63) is 59.4 Å². The maximum Gasteiger partial charge on any atom is 0.124 e. The highest BCUT2D eigenvalue weighted by Gasteiger charge is 2.20. The molecule has 3 rings (SSSR count). The van der Waals surface area contributed by atoms with Gasteiger partial charge in [-0.05, 0) is 55.8 Å². The number of piperidine rings is 1. The molecule has 170 valence electrons. The van der Waals surface area contributed by atoms with E-state index in [0.717, 1.165) is 42.8 Å². The maximum absolute atomic E-state index is 13.1. The first kappa shape index (κ1) is 23.5. The largest absolute Gasteiger partial charge is 0.497 e. The van der Waals surface area contributed by atoms with Gasteiger partial charge in [-0.1, -0.05) is 12.1 Å². The maximum atomic E-state index is 13.1. The first-order valence-corrected chi connectivity index (χ1v) is 10.7. The third-order valence-electron chi connectivity index (χ3n) is 5.53. The predicted octanol–water partition coefficient (Wildman–Crippen LogP) is 2.66. The van der Waals surface area contributed by atoms with Crippen molar-refractivity contribution >= 4 is 0 Å². The summed E-state index contributed by atoms with van der Waals surface area (Å²) in [6.45, 7) is 3.59. The van der Waals surface area contributed by atoms with Crippen molar-refractivity contribution in [2.45, 2.75) is 38.1 Å². The van der Waals surface area contributed by atoms with E-state index in [9.17, 15) is 14.6 Å². The molecular weight excluding hydrogens is 399 g/mol. The lowest BCUT2D eigenvalue weighted by Gasteiger charge is -2.31. The molecule has 0 saturated carbocycles. The van der Waals surface area contributed by atoms with Gasteiger partial charge in [0.05, 0.1) is 13.2 Å². The normalized spacial score (nSPS) is 16.5. The van der Waals surface area contributed by atoms with Gasteiger partial charge in [0.2, 0.25) is 0 Å². The van der Waals surface area contributed by atoms with Crippen LogP contribution in [0.5, 0.6) is 11.5 Å². The second kappa shape index (κ2) is 11.4. The summed E-state index contributed by atoms with van der Waals surface area (Å²) in [4.78, 5) is 4.27. The molecule has 1 saturated heterocycles. The van der Waals surface area contributed by atoms with Gasteiger partial charge in [0, 0.05) is 38.3 Å². The summed E-state index contributed by atoms with van der Waals surface area (Å²) in [5.41, 5.74) is 1.98. The Balaban J connectivity index is 1.57. The summed E-state index contributed by atoms with van der Waals surface area (Å²) in [5.74, 6) is 1.21.